The van der Waals surface area contributed by atoms with Crippen LogP contribution in [0.25, 0.3) is 0 Å². The van der Waals surface area contributed by atoms with Crippen molar-refractivity contribution in [3.05, 3.63) is 47.5 Å². The summed E-state index contributed by atoms with van der Waals surface area (Å²) in [4.78, 5) is 14.0. The van der Waals surface area contributed by atoms with Crippen molar-refractivity contribution in [2.75, 3.05) is 18.2 Å². The molecule has 0 saturated heterocycles. The molecule has 2 heterocycles. The van der Waals surface area contributed by atoms with E-state index in [1.807, 2.05) is 65.0 Å². The van der Waals surface area contributed by atoms with Crippen molar-refractivity contribution >= 4 is 11.8 Å². The van der Waals surface area contributed by atoms with Crippen LogP contribution < -0.4 is 24.4 Å². The minimum Gasteiger partial charge on any atom is -0.473 e. The van der Waals surface area contributed by atoms with Crippen LogP contribution in [-0.2, 0) is 17.7 Å². The van der Waals surface area contributed by atoms with Crippen LogP contribution in [0.3, 0.4) is 0 Å². The Bertz CT molecular complexity index is 980. The molecule has 2 aromatic rings. The highest BCUT2D eigenvalue weighted by Crippen LogP contribution is 2.42. The average Bonchev–Trinajstić information content (AvgIpc) is 2.99. The summed E-state index contributed by atoms with van der Waals surface area (Å²) in [6.45, 7) is 11.0. The molecule has 31 heavy (non-hydrogen) atoms. The first-order chi connectivity index (χ1) is 14.6. The van der Waals surface area contributed by atoms with Crippen LogP contribution >= 0.6 is 0 Å². The Hall–Kier alpha value is -3.09. The Kier molecular flexibility index (Phi) is 5.37. The predicted octanol–water partition coefficient (Wildman–Crippen LogP) is 4.62. The van der Waals surface area contributed by atoms with Crippen LogP contribution in [0.15, 0.2) is 36.4 Å². The largest absolute Gasteiger partial charge is 0.473 e. The fourth-order valence-electron chi connectivity index (χ4n) is 3.65. The third kappa shape index (κ3) is 5.16. The lowest BCUT2D eigenvalue weighted by Crippen LogP contribution is -2.33. The van der Waals surface area contributed by atoms with Crippen molar-refractivity contribution in [3.8, 4) is 17.2 Å². The number of benzene rings is 2. The van der Waals surface area contributed by atoms with Gasteiger partial charge in [-0.05, 0) is 51.0 Å². The molecule has 0 atom stereocenters. The van der Waals surface area contributed by atoms with E-state index >= 15 is 0 Å². The molecule has 2 aliphatic heterocycles. The highest BCUT2D eigenvalue weighted by molar-refractivity contribution is 5.67. The highest BCUT2D eigenvalue weighted by atomic mass is 16.7. The van der Waals surface area contributed by atoms with Crippen LogP contribution in [0.4, 0.5) is 10.5 Å². The monoisotopic (exact) mass is 426 g/mol. The number of amides is 1. The quantitative estimate of drug-likeness (QED) is 0.770. The normalized spacial score (nSPS) is 16.4. The number of hydrogen-bond donors (Lipinski definition) is 1. The molecule has 166 valence electrons. The second-order valence-electron chi connectivity index (χ2n) is 9.33. The topological polar surface area (TPSA) is 69.3 Å². The number of alkyl carbamates (subject to hydrolysis) is 1. The van der Waals surface area contributed by atoms with E-state index in [9.17, 15) is 4.79 Å². The van der Waals surface area contributed by atoms with Crippen molar-refractivity contribution in [2.45, 2.75) is 59.0 Å². The molecule has 0 radical (unpaired) electrons. The summed E-state index contributed by atoms with van der Waals surface area (Å²) < 4.78 is 22.9. The summed E-state index contributed by atoms with van der Waals surface area (Å²) in [5.41, 5.74) is 2.76. The van der Waals surface area contributed by atoms with Gasteiger partial charge in [-0.15, -0.1) is 0 Å². The zero-order valence-corrected chi connectivity index (χ0v) is 18.8. The maximum Gasteiger partial charge on any atom is 0.407 e. The van der Waals surface area contributed by atoms with Crippen molar-refractivity contribution in [2.24, 2.45) is 0 Å². The van der Waals surface area contributed by atoms with E-state index in [1.54, 1.807) is 0 Å². The molecule has 7 nitrogen and oxygen atoms in total. The van der Waals surface area contributed by atoms with Crippen LogP contribution in [0.5, 0.6) is 17.2 Å². The first-order valence-corrected chi connectivity index (χ1v) is 10.6. The van der Waals surface area contributed by atoms with Gasteiger partial charge >= 0.3 is 6.09 Å². The molecule has 7 heteroatoms. The number of carbonyl (C=O) groups is 1. The second-order valence-corrected chi connectivity index (χ2v) is 9.33. The molecule has 0 aliphatic carbocycles. The van der Waals surface area contributed by atoms with E-state index in [4.69, 9.17) is 18.9 Å². The van der Waals surface area contributed by atoms with Crippen LogP contribution in [-0.4, -0.2) is 30.8 Å². The lowest BCUT2D eigenvalue weighted by molar-refractivity contribution is -0.0431. The lowest BCUT2D eigenvalue weighted by atomic mass is 10.1. The number of ether oxygens (including phenoxy) is 4. The van der Waals surface area contributed by atoms with E-state index in [1.165, 1.54) is 0 Å². The maximum absolute atomic E-state index is 11.8. The van der Waals surface area contributed by atoms with Crippen LogP contribution in [0, 0.1) is 0 Å². The predicted molar refractivity (Wildman–Crippen MR) is 118 cm³/mol. The third-order valence-electron chi connectivity index (χ3n) is 4.95. The van der Waals surface area contributed by atoms with E-state index in [0.717, 1.165) is 40.6 Å². The van der Waals surface area contributed by atoms with Gasteiger partial charge in [0.05, 0.1) is 0 Å². The van der Waals surface area contributed by atoms with E-state index in [0.29, 0.717) is 19.7 Å². The van der Waals surface area contributed by atoms with Gasteiger partial charge in [0.1, 0.15) is 11.4 Å². The van der Waals surface area contributed by atoms with Gasteiger partial charge in [-0.25, -0.2) is 4.79 Å². The molecule has 0 unspecified atom stereocenters. The average molecular weight is 427 g/mol. The Labute approximate surface area is 183 Å². The molecule has 1 N–H and O–H groups in total. The molecular weight excluding hydrogens is 396 g/mol. The summed E-state index contributed by atoms with van der Waals surface area (Å²) in [6, 6.07) is 12.1. The minimum absolute atomic E-state index is 0.397. The molecule has 0 saturated carbocycles. The maximum atomic E-state index is 11.8. The zero-order valence-electron chi connectivity index (χ0n) is 18.8. The first-order valence-electron chi connectivity index (χ1n) is 10.6. The summed E-state index contributed by atoms with van der Waals surface area (Å²) >= 11 is 0. The Morgan fingerprint density at radius 2 is 1.84 bits per heavy atom. The van der Waals surface area contributed by atoms with E-state index in [-0.39, 0.29) is 0 Å². The summed E-state index contributed by atoms with van der Waals surface area (Å²) in [5.74, 6) is 1.75. The number of nitrogens with one attached hydrogen (secondary N) is 1. The molecule has 2 aliphatic rings. The Balaban J connectivity index is 1.39. The van der Waals surface area contributed by atoms with Crippen molar-refractivity contribution in [3.63, 3.8) is 0 Å². The summed E-state index contributed by atoms with van der Waals surface area (Å²) in [7, 11) is 0. The molecule has 0 spiro atoms. The number of nitrogens with zero attached hydrogens (tertiary/aromatic N) is 1. The lowest BCUT2D eigenvalue weighted by Gasteiger charge is -2.31. The van der Waals surface area contributed by atoms with Gasteiger partial charge in [0.2, 0.25) is 5.79 Å². The summed E-state index contributed by atoms with van der Waals surface area (Å²) in [6.07, 6.45) is 0.317. The number of fused-ring (bicyclic) bond motifs is 2. The molecule has 2 aromatic carbocycles. The smallest absolute Gasteiger partial charge is 0.407 e. The molecule has 1 amide bonds. The fourth-order valence-corrected chi connectivity index (χ4v) is 3.65. The van der Waals surface area contributed by atoms with Gasteiger partial charge in [-0.1, -0.05) is 12.1 Å². The molecule has 0 fully saturated rings. The fraction of sp³-hybridized carbons (Fsp3) is 0.458. The van der Waals surface area contributed by atoms with Gasteiger partial charge in [0.15, 0.2) is 18.2 Å². The van der Waals surface area contributed by atoms with Crippen LogP contribution in [0.2, 0.25) is 0 Å². The third-order valence-corrected chi connectivity index (χ3v) is 4.95. The van der Waals surface area contributed by atoms with E-state index < -0.39 is 17.5 Å². The Morgan fingerprint density at radius 3 is 2.61 bits per heavy atom. The second kappa shape index (κ2) is 7.87. The van der Waals surface area contributed by atoms with E-state index in [2.05, 4.69) is 16.3 Å². The van der Waals surface area contributed by atoms with Crippen LogP contribution in [0.1, 0.15) is 45.7 Å². The highest BCUT2D eigenvalue weighted by Gasteiger charge is 2.32. The number of rotatable bonds is 4. The van der Waals surface area contributed by atoms with Gasteiger partial charge in [0, 0.05) is 44.3 Å². The molecule has 0 bridgehead atoms. The standard InChI is InChI=1S/C24H30N2O5/c1-23(2,3)31-22(27)25-11-10-16-6-8-19-17(12-16)14-26(15-28-19)18-7-9-20-21(13-18)30-24(4,5)29-20/h6-9,12-13H,10-11,14-15H2,1-5H3,(H,25,27). The zero-order chi connectivity index (χ0) is 22.2. The molecule has 0 aromatic heterocycles. The van der Waals surface area contributed by atoms with Crippen molar-refractivity contribution < 1.29 is 23.7 Å². The number of hydrogen-bond acceptors (Lipinski definition) is 6. The van der Waals surface area contributed by atoms with Gasteiger partial charge in [-0.3, -0.25) is 0 Å². The summed E-state index contributed by atoms with van der Waals surface area (Å²) in [5, 5.41) is 2.80. The molecule has 4 rings (SSSR count). The number of anilines is 1. The SMILES string of the molecule is CC(C)(C)OC(=O)NCCc1ccc2c(c1)CN(c1ccc3c(c1)OC(C)(C)O3)CO2. The Morgan fingerprint density at radius 1 is 1.10 bits per heavy atom. The van der Waals surface area contributed by atoms with Gasteiger partial charge < -0.3 is 29.2 Å². The van der Waals surface area contributed by atoms with Crippen molar-refractivity contribution in [1.29, 1.82) is 0 Å². The molecular formula is C24H30N2O5. The number of carbonyl (C=O) groups excluding carboxylic acids is 1. The van der Waals surface area contributed by atoms with Crippen molar-refractivity contribution in [1.82, 2.24) is 5.32 Å². The van der Waals surface area contributed by atoms with Gasteiger partial charge in [-0.2, -0.15) is 0 Å². The van der Waals surface area contributed by atoms with Gasteiger partial charge in [0.25, 0.3) is 0 Å². The minimum atomic E-state index is -0.645. The first kappa shape index (κ1) is 21.2.